The van der Waals surface area contributed by atoms with E-state index in [2.05, 4.69) is 5.32 Å². The summed E-state index contributed by atoms with van der Waals surface area (Å²) in [6, 6.07) is 16.0. The van der Waals surface area contributed by atoms with Crippen molar-refractivity contribution in [2.75, 3.05) is 0 Å². The minimum absolute atomic E-state index is 0.111. The highest BCUT2D eigenvalue weighted by Crippen LogP contribution is 2.35. The number of alkyl carbamates (subject to hydrolysis) is 1. The number of carbonyl (C=O) groups excluding carboxylic acids is 1. The summed E-state index contributed by atoms with van der Waals surface area (Å²) in [6.07, 6.45) is 0.816. The molecule has 5 nitrogen and oxygen atoms in total. The summed E-state index contributed by atoms with van der Waals surface area (Å²) in [5.41, 5.74) is 2.99. The van der Waals surface area contributed by atoms with Gasteiger partial charge in [-0.05, 0) is 29.5 Å². The van der Waals surface area contributed by atoms with Crippen LogP contribution in [-0.2, 0) is 22.6 Å². The van der Waals surface area contributed by atoms with Crippen molar-refractivity contribution in [3.63, 3.8) is 0 Å². The monoisotopic (exact) mass is 325 g/mol. The lowest BCUT2D eigenvalue weighted by Gasteiger charge is -2.21. The van der Waals surface area contributed by atoms with Gasteiger partial charge in [0.05, 0.1) is 0 Å². The number of carboxylic acids is 1. The summed E-state index contributed by atoms with van der Waals surface area (Å²) in [6.45, 7) is 0.111. The number of benzene rings is 2. The lowest BCUT2D eigenvalue weighted by molar-refractivity contribution is -0.140. The molecule has 0 bridgehead atoms. The van der Waals surface area contributed by atoms with Gasteiger partial charge in [-0.15, -0.1) is 0 Å². The minimum atomic E-state index is -1.05. The second kappa shape index (κ2) is 7.17. The first-order valence-electron chi connectivity index (χ1n) is 7.93. The van der Waals surface area contributed by atoms with Gasteiger partial charge in [0.1, 0.15) is 12.6 Å². The minimum Gasteiger partial charge on any atom is -0.480 e. The Hall–Kier alpha value is -2.82. The molecule has 0 spiro atoms. The number of rotatable bonds is 5. The molecule has 2 aromatic carbocycles. The zero-order valence-corrected chi connectivity index (χ0v) is 13.1. The van der Waals surface area contributed by atoms with Crippen LogP contribution in [0.5, 0.6) is 0 Å². The van der Waals surface area contributed by atoms with E-state index in [1.54, 1.807) is 0 Å². The fraction of sp³-hybridized carbons (Fsp3) is 0.263. The number of fused-ring (bicyclic) bond motifs is 1. The Bertz CT molecular complexity index is 729. The van der Waals surface area contributed by atoms with Crippen molar-refractivity contribution in [3.8, 4) is 0 Å². The molecule has 0 radical (unpaired) electrons. The first kappa shape index (κ1) is 16.1. The third-order valence-corrected chi connectivity index (χ3v) is 4.33. The third kappa shape index (κ3) is 3.56. The van der Waals surface area contributed by atoms with E-state index in [1.807, 2.05) is 54.6 Å². The van der Waals surface area contributed by atoms with E-state index in [1.165, 1.54) is 0 Å². The van der Waals surface area contributed by atoms with Crippen molar-refractivity contribution in [2.24, 2.45) is 0 Å². The molecule has 3 rings (SSSR count). The number of nitrogens with one attached hydrogen (secondary N) is 1. The molecule has 2 N–H and O–H groups in total. The summed E-state index contributed by atoms with van der Waals surface area (Å²) in [5.74, 6) is -1.28. The Kier molecular flexibility index (Phi) is 4.79. The van der Waals surface area contributed by atoms with E-state index in [0.717, 1.165) is 23.1 Å². The number of amides is 1. The smallest absolute Gasteiger partial charge is 0.408 e. The summed E-state index contributed by atoms with van der Waals surface area (Å²) < 4.78 is 5.14. The first-order valence-corrected chi connectivity index (χ1v) is 7.93. The van der Waals surface area contributed by atoms with Crippen LogP contribution in [0.3, 0.4) is 0 Å². The number of carboxylic acid groups (broad SMARTS) is 1. The van der Waals surface area contributed by atoms with Crippen LogP contribution in [0.1, 0.15) is 29.0 Å². The summed E-state index contributed by atoms with van der Waals surface area (Å²) in [5, 5.41) is 12.0. The zero-order chi connectivity index (χ0) is 16.9. The van der Waals surface area contributed by atoms with Gasteiger partial charge < -0.3 is 15.2 Å². The van der Waals surface area contributed by atoms with E-state index in [-0.39, 0.29) is 12.5 Å². The predicted octanol–water partition coefficient (Wildman–Crippen LogP) is 3.10. The number of aliphatic carboxylic acids is 1. The second-order valence-electron chi connectivity index (χ2n) is 5.87. The molecule has 0 saturated heterocycles. The van der Waals surface area contributed by atoms with Crippen molar-refractivity contribution < 1.29 is 19.4 Å². The Morgan fingerprint density at radius 2 is 1.83 bits per heavy atom. The van der Waals surface area contributed by atoms with Crippen LogP contribution >= 0.6 is 0 Å². The number of ether oxygens (including phenoxy) is 1. The highest BCUT2D eigenvalue weighted by molar-refractivity contribution is 5.81. The highest BCUT2D eigenvalue weighted by atomic mass is 16.5. The molecule has 5 heteroatoms. The Morgan fingerprint density at radius 1 is 1.12 bits per heavy atom. The van der Waals surface area contributed by atoms with Crippen molar-refractivity contribution >= 4 is 12.1 Å². The molecule has 124 valence electrons. The fourth-order valence-corrected chi connectivity index (χ4v) is 3.16. The molecular weight excluding hydrogens is 306 g/mol. The maximum Gasteiger partial charge on any atom is 0.408 e. The van der Waals surface area contributed by atoms with Gasteiger partial charge in [0.2, 0.25) is 0 Å². The molecule has 1 aliphatic carbocycles. The normalized spacial score (nSPS) is 16.9. The van der Waals surface area contributed by atoms with Crippen LogP contribution in [0.15, 0.2) is 54.6 Å². The number of hydrogen-bond donors (Lipinski definition) is 2. The molecule has 0 fully saturated rings. The molecule has 0 saturated carbocycles. The quantitative estimate of drug-likeness (QED) is 0.886. The van der Waals surface area contributed by atoms with E-state index in [9.17, 15) is 14.7 Å². The van der Waals surface area contributed by atoms with E-state index in [4.69, 9.17) is 4.74 Å². The summed E-state index contributed by atoms with van der Waals surface area (Å²) in [7, 11) is 0. The largest absolute Gasteiger partial charge is 0.480 e. The van der Waals surface area contributed by atoms with E-state index >= 15 is 0 Å². The van der Waals surface area contributed by atoms with Gasteiger partial charge in [-0.3, -0.25) is 0 Å². The van der Waals surface area contributed by atoms with Crippen LogP contribution in [-0.4, -0.2) is 23.2 Å². The number of hydrogen-bond acceptors (Lipinski definition) is 3. The molecule has 1 aliphatic rings. The zero-order valence-electron chi connectivity index (χ0n) is 13.1. The fourth-order valence-electron chi connectivity index (χ4n) is 3.16. The molecule has 0 aromatic heterocycles. The molecular formula is C19H19NO4. The maximum atomic E-state index is 12.0. The van der Waals surface area contributed by atoms with Crippen LogP contribution in [0.2, 0.25) is 0 Å². The Labute approximate surface area is 140 Å². The van der Waals surface area contributed by atoms with Crippen molar-refractivity contribution in [2.45, 2.75) is 31.4 Å². The Balaban J connectivity index is 1.65. The maximum absolute atomic E-state index is 12.0. The van der Waals surface area contributed by atoms with Gasteiger partial charge in [-0.25, -0.2) is 9.59 Å². The van der Waals surface area contributed by atoms with Gasteiger partial charge in [-0.2, -0.15) is 0 Å². The lowest BCUT2D eigenvalue weighted by atomic mass is 9.93. The van der Waals surface area contributed by atoms with E-state index < -0.39 is 18.1 Å². The van der Waals surface area contributed by atoms with Crippen LogP contribution in [0.25, 0.3) is 0 Å². The molecule has 0 heterocycles. The van der Waals surface area contributed by atoms with E-state index in [0.29, 0.717) is 6.42 Å². The molecule has 1 amide bonds. The first-order chi connectivity index (χ1) is 11.6. The van der Waals surface area contributed by atoms with Gasteiger partial charge >= 0.3 is 12.1 Å². The van der Waals surface area contributed by atoms with Gasteiger partial charge in [0.15, 0.2) is 0 Å². The van der Waals surface area contributed by atoms with Crippen molar-refractivity contribution in [1.82, 2.24) is 5.32 Å². The van der Waals surface area contributed by atoms with Gasteiger partial charge in [-0.1, -0.05) is 54.6 Å². The van der Waals surface area contributed by atoms with Gasteiger partial charge in [0.25, 0.3) is 0 Å². The predicted molar refractivity (Wildman–Crippen MR) is 88.7 cm³/mol. The van der Waals surface area contributed by atoms with Gasteiger partial charge in [0, 0.05) is 5.92 Å². The van der Waals surface area contributed by atoms with Crippen LogP contribution < -0.4 is 5.32 Å². The average molecular weight is 325 g/mol. The number of aryl methyl sites for hydroxylation is 1. The molecule has 2 unspecified atom stereocenters. The second-order valence-corrected chi connectivity index (χ2v) is 5.87. The van der Waals surface area contributed by atoms with Crippen molar-refractivity contribution in [1.29, 1.82) is 0 Å². The Morgan fingerprint density at radius 3 is 2.58 bits per heavy atom. The van der Waals surface area contributed by atoms with Crippen molar-refractivity contribution in [3.05, 3.63) is 71.3 Å². The summed E-state index contributed by atoms with van der Waals surface area (Å²) >= 11 is 0. The third-order valence-electron chi connectivity index (χ3n) is 4.33. The lowest BCUT2D eigenvalue weighted by Crippen LogP contribution is -2.44. The van der Waals surface area contributed by atoms with Crippen LogP contribution in [0.4, 0.5) is 4.79 Å². The molecule has 2 aromatic rings. The molecule has 2 atom stereocenters. The highest BCUT2D eigenvalue weighted by Gasteiger charge is 2.35. The average Bonchev–Trinajstić information content (AvgIpc) is 3.02. The topological polar surface area (TPSA) is 75.6 Å². The standard InChI is InChI=1S/C19H19NO4/c21-18(22)17(16-11-10-14-8-4-5-9-15(14)16)20-19(23)24-12-13-6-2-1-3-7-13/h1-9,16-17H,10-12H2,(H,20,23)(H,21,22). The number of carbonyl (C=O) groups is 2. The molecule has 0 aliphatic heterocycles. The van der Waals surface area contributed by atoms with Crippen LogP contribution in [0, 0.1) is 0 Å². The molecule has 24 heavy (non-hydrogen) atoms. The summed E-state index contributed by atoms with van der Waals surface area (Å²) in [4.78, 5) is 23.6. The SMILES string of the molecule is O=C(NC(C(=O)O)C1CCc2ccccc21)OCc1ccccc1.